The van der Waals surface area contributed by atoms with E-state index in [1.54, 1.807) is 0 Å². The molecule has 1 heterocycles. The summed E-state index contributed by atoms with van der Waals surface area (Å²) in [4.78, 5) is 6.98. The van der Waals surface area contributed by atoms with Gasteiger partial charge in [0, 0.05) is 25.6 Å². The highest BCUT2D eigenvalue weighted by Crippen LogP contribution is 2.33. The van der Waals surface area contributed by atoms with E-state index in [1.165, 1.54) is 11.1 Å². The third-order valence-electron chi connectivity index (χ3n) is 4.90. The molecule has 2 aliphatic rings. The van der Waals surface area contributed by atoms with Crippen LogP contribution in [0.15, 0.2) is 17.1 Å². The van der Waals surface area contributed by atoms with Gasteiger partial charge in [0.25, 0.3) is 0 Å². The molecule has 3 rings (SSSR count). The molecule has 1 unspecified atom stereocenters. The zero-order valence-electron chi connectivity index (χ0n) is 14.5. The fraction of sp³-hybridized carbons (Fsp3) is 0.611. The lowest BCUT2D eigenvalue weighted by atomic mass is 10.1. The second-order valence-corrected chi connectivity index (χ2v) is 6.98. The Balaban J connectivity index is 1.61. The van der Waals surface area contributed by atoms with Crippen LogP contribution in [0.4, 0.5) is 11.4 Å². The van der Waals surface area contributed by atoms with E-state index in [2.05, 4.69) is 28.9 Å². The third kappa shape index (κ3) is 4.33. The average Bonchev–Trinajstić information content (AvgIpc) is 2.94. The van der Waals surface area contributed by atoms with E-state index in [0.717, 1.165) is 75.4 Å². The van der Waals surface area contributed by atoms with Crippen LogP contribution in [0.1, 0.15) is 30.9 Å². The second kappa shape index (κ2) is 8.07. The highest BCUT2D eigenvalue weighted by atomic mass is 16.5. The van der Waals surface area contributed by atoms with E-state index >= 15 is 0 Å². The van der Waals surface area contributed by atoms with Gasteiger partial charge in [-0.25, -0.2) is 10.2 Å². The number of fused-ring (bicyclic) bond motifs is 1. The summed E-state index contributed by atoms with van der Waals surface area (Å²) >= 11 is 0. The number of aliphatic imine (C=N–C) groups is 1. The Kier molecular flexibility index (Phi) is 5.84. The molecule has 1 atom stereocenters. The van der Waals surface area contributed by atoms with Gasteiger partial charge in [0.2, 0.25) is 0 Å². The number of morpholine rings is 1. The van der Waals surface area contributed by atoms with E-state index in [-0.39, 0.29) is 0 Å². The lowest BCUT2D eigenvalue weighted by molar-refractivity contribution is -0.825. The Hall–Kier alpha value is -1.47. The summed E-state index contributed by atoms with van der Waals surface area (Å²) in [5.41, 5.74) is 11.5. The van der Waals surface area contributed by atoms with Crippen LogP contribution in [0.5, 0.6) is 0 Å². The molecule has 1 aliphatic heterocycles. The van der Waals surface area contributed by atoms with Gasteiger partial charge in [-0.1, -0.05) is 6.92 Å². The molecule has 0 bridgehead atoms. The van der Waals surface area contributed by atoms with Crippen LogP contribution in [0.2, 0.25) is 0 Å². The summed E-state index contributed by atoms with van der Waals surface area (Å²) in [5.74, 6) is 1.30. The van der Waals surface area contributed by atoms with Crippen LogP contribution in [-0.4, -0.2) is 48.8 Å². The van der Waals surface area contributed by atoms with Crippen molar-refractivity contribution >= 4 is 17.2 Å². The Labute approximate surface area is 143 Å². The number of nitrogens with zero attached hydrogens (tertiary/aromatic N) is 2. The Morgan fingerprint density at radius 3 is 2.75 bits per heavy atom. The molecule has 1 aromatic rings. The van der Waals surface area contributed by atoms with Gasteiger partial charge in [0.05, 0.1) is 19.0 Å². The second-order valence-electron chi connectivity index (χ2n) is 6.98. The Morgan fingerprint density at radius 1 is 1.33 bits per heavy atom. The highest BCUT2D eigenvalue weighted by molar-refractivity contribution is 5.84. The minimum atomic E-state index is 0.636. The first-order valence-electron chi connectivity index (χ1n) is 8.92. The largest absolute Gasteiger partial charge is 0.387 e. The standard InChI is InChI=1S/C18H28N4O2/c1-13-9-14-11-16(17(21-23)12-15(14)10-13)20-18(19)3-2-4-22-5-7-24-8-6-22/h11-13,21,23H,2-10H2,1H3,(H2,19,20)/p+1. The van der Waals surface area contributed by atoms with Gasteiger partial charge in [-0.2, -0.15) is 5.48 Å². The van der Waals surface area contributed by atoms with Gasteiger partial charge in [0.15, 0.2) is 5.69 Å². The van der Waals surface area contributed by atoms with Crippen LogP contribution in [0, 0.1) is 5.92 Å². The first-order valence-corrected chi connectivity index (χ1v) is 8.92. The number of quaternary nitrogens is 1. The topological polar surface area (TPSA) is 87.7 Å². The number of nitrogens with two attached hydrogens (primary N) is 2. The Morgan fingerprint density at radius 2 is 2.04 bits per heavy atom. The molecule has 132 valence electrons. The lowest BCUT2D eigenvalue weighted by Gasteiger charge is -2.26. The fourth-order valence-electron chi connectivity index (χ4n) is 3.62. The number of hydrogen-bond acceptors (Lipinski definition) is 4. The molecule has 0 aromatic heterocycles. The van der Waals surface area contributed by atoms with Gasteiger partial charge in [-0.15, -0.1) is 0 Å². The van der Waals surface area contributed by atoms with Crippen molar-refractivity contribution in [1.82, 2.24) is 4.90 Å². The van der Waals surface area contributed by atoms with Crippen molar-refractivity contribution in [2.24, 2.45) is 16.6 Å². The quantitative estimate of drug-likeness (QED) is 0.315. The number of amidine groups is 1. The zero-order valence-corrected chi connectivity index (χ0v) is 14.5. The van der Waals surface area contributed by atoms with Crippen molar-refractivity contribution < 1.29 is 15.4 Å². The molecule has 0 spiro atoms. The predicted octanol–water partition coefficient (Wildman–Crippen LogP) is 1.11. The highest BCUT2D eigenvalue weighted by Gasteiger charge is 2.21. The number of ether oxygens (including phenoxy) is 1. The van der Waals surface area contributed by atoms with E-state index in [9.17, 15) is 5.21 Å². The van der Waals surface area contributed by atoms with Crippen LogP contribution in [-0.2, 0) is 17.6 Å². The zero-order chi connectivity index (χ0) is 16.9. The summed E-state index contributed by atoms with van der Waals surface area (Å²) in [6, 6.07) is 4.15. The van der Waals surface area contributed by atoms with Crippen LogP contribution in [0.3, 0.4) is 0 Å². The summed E-state index contributed by atoms with van der Waals surface area (Å²) in [6.07, 6.45) is 3.93. The maximum atomic E-state index is 9.52. The van der Waals surface area contributed by atoms with Crippen molar-refractivity contribution in [3.8, 4) is 0 Å². The smallest absolute Gasteiger partial charge is 0.188 e. The molecule has 0 amide bonds. The molecule has 6 heteroatoms. The van der Waals surface area contributed by atoms with Gasteiger partial charge in [0.1, 0.15) is 5.69 Å². The molecular weight excluding hydrogens is 304 g/mol. The molecule has 1 saturated heterocycles. The molecule has 24 heavy (non-hydrogen) atoms. The molecule has 0 radical (unpaired) electrons. The van der Waals surface area contributed by atoms with E-state index in [4.69, 9.17) is 10.5 Å². The molecule has 5 N–H and O–H groups in total. The van der Waals surface area contributed by atoms with Gasteiger partial charge < -0.3 is 10.5 Å². The number of benzene rings is 1. The van der Waals surface area contributed by atoms with Crippen molar-refractivity contribution in [2.45, 2.75) is 32.6 Å². The normalized spacial score (nSPS) is 21.9. The third-order valence-corrected chi connectivity index (χ3v) is 4.90. The summed E-state index contributed by atoms with van der Waals surface area (Å²) in [5, 5.41) is 9.52. The van der Waals surface area contributed by atoms with Gasteiger partial charge >= 0.3 is 0 Å². The van der Waals surface area contributed by atoms with E-state index in [0.29, 0.717) is 11.8 Å². The molecular formula is C18H29N4O2+. The first kappa shape index (κ1) is 17.4. The summed E-state index contributed by atoms with van der Waals surface area (Å²) < 4.78 is 5.36. The van der Waals surface area contributed by atoms with Crippen LogP contribution >= 0.6 is 0 Å². The fourth-order valence-corrected chi connectivity index (χ4v) is 3.62. The maximum absolute atomic E-state index is 9.52. The average molecular weight is 333 g/mol. The van der Waals surface area contributed by atoms with E-state index in [1.807, 2.05) is 0 Å². The molecule has 6 nitrogen and oxygen atoms in total. The lowest BCUT2D eigenvalue weighted by Crippen LogP contribution is -2.73. The number of hydrogen-bond donors (Lipinski definition) is 3. The van der Waals surface area contributed by atoms with E-state index < -0.39 is 0 Å². The van der Waals surface area contributed by atoms with Crippen LogP contribution < -0.4 is 11.2 Å². The first-order chi connectivity index (χ1) is 11.7. The number of rotatable bonds is 6. The van der Waals surface area contributed by atoms with Gasteiger partial charge in [-0.3, -0.25) is 4.90 Å². The maximum Gasteiger partial charge on any atom is 0.188 e. The van der Waals surface area contributed by atoms with Crippen molar-refractivity contribution in [3.05, 3.63) is 23.3 Å². The molecule has 1 aromatic carbocycles. The summed E-state index contributed by atoms with van der Waals surface area (Å²) in [6.45, 7) is 6.94. The van der Waals surface area contributed by atoms with Crippen molar-refractivity contribution in [1.29, 1.82) is 0 Å². The monoisotopic (exact) mass is 333 g/mol. The van der Waals surface area contributed by atoms with Gasteiger partial charge in [-0.05, 0) is 48.9 Å². The van der Waals surface area contributed by atoms with Crippen molar-refractivity contribution in [3.63, 3.8) is 0 Å². The molecule has 0 saturated carbocycles. The minimum Gasteiger partial charge on any atom is -0.387 e. The van der Waals surface area contributed by atoms with Crippen LogP contribution in [0.25, 0.3) is 0 Å². The molecule has 1 fully saturated rings. The summed E-state index contributed by atoms with van der Waals surface area (Å²) in [7, 11) is 0. The molecule has 1 aliphatic carbocycles. The SMILES string of the molecule is CC1Cc2cc(N=C(N)CCCN3CCOCC3)c([NH2+]O)cc2C1. The van der Waals surface area contributed by atoms with Crippen molar-refractivity contribution in [2.75, 3.05) is 32.8 Å². The minimum absolute atomic E-state index is 0.636. The Bertz CT molecular complexity index is 597. The predicted molar refractivity (Wildman–Crippen MR) is 94.2 cm³/mol.